The van der Waals surface area contributed by atoms with Crippen LogP contribution in [0.4, 0.5) is 5.82 Å². The molecule has 0 atom stereocenters. The molecule has 6 nitrogen and oxygen atoms in total. The van der Waals surface area contributed by atoms with E-state index in [0.29, 0.717) is 0 Å². The number of anilines is 1. The Kier molecular flexibility index (Phi) is 4.52. The van der Waals surface area contributed by atoms with Crippen LogP contribution in [-0.2, 0) is 19.6 Å². The summed E-state index contributed by atoms with van der Waals surface area (Å²) in [4.78, 5) is 9.63. The number of aryl methyl sites for hydroxylation is 1. The Morgan fingerprint density at radius 2 is 2.08 bits per heavy atom. The Bertz CT molecular complexity index is 797. The molecule has 0 spiro atoms. The zero-order valence-electron chi connectivity index (χ0n) is 14.5. The van der Waals surface area contributed by atoms with Crippen molar-refractivity contribution in [2.75, 3.05) is 24.5 Å². The van der Waals surface area contributed by atoms with E-state index in [0.717, 1.165) is 56.5 Å². The molecule has 0 saturated carbocycles. The largest absolute Gasteiger partial charge is 0.468 e. The van der Waals surface area contributed by atoms with Gasteiger partial charge in [0.05, 0.1) is 19.4 Å². The number of aromatic nitrogens is 3. The molecule has 0 bridgehead atoms. The predicted octanol–water partition coefficient (Wildman–Crippen LogP) is 2.70. The van der Waals surface area contributed by atoms with Crippen LogP contribution in [0.15, 0.2) is 53.4 Å². The lowest BCUT2D eigenvalue weighted by Gasteiger charge is -2.24. The summed E-state index contributed by atoms with van der Waals surface area (Å²) in [6, 6.07) is 10.3. The Labute approximate surface area is 147 Å². The van der Waals surface area contributed by atoms with Gasteiger partial charge in [-0.3, -0.25) is 9.58 Å². The van der Waals surface area contributed by atoms with Crippen molar-refractivity contribution in [2.45, 2.75) is 26.6 Å². The Morgan fingerprint density at radius 1 is 1.12 bits per heavy atom. The Hall–Kier alpha value is -2.60. The zero-order chi connectivity index (χ0) is 17.1. The van der Waals surface area contributed by atoms with Gasteiger partial charge in [-0.1, -0.05) is 6.07 Å². The van der Waals surface area contributed by atoms with Crippen molar-refractivity contribution in [3.63, 3.8) is 0 Å². The summed E-state index contributed by atoms with van der Waals surface area (Å²) in [6.45, 7) is 7.47. The molecule has 0 unspecified atom stereocenters. The van der Waals surface area contributed by atoms with Gasteiger partial charge < -0.3 is 9.32 Å². The van der Waals surface area contributed by atoms with Crippen molar-refractivity contribution in [1.29, 1.82) is 0 Å². The van der Waals surface area contributed by atoms with Gasteiger partial charge in [-0.05, 0) is 31.2 Å². The van der Waals surface area contributed by atoms with Crippen molar-refractivity contribution in [2.24, 2.45) is 0 Å². The van der Waals surface area contributed by atoms with Gasteiger partial charge in [-0.2, -0.15) is 5.10 Å². The second-order valence-corrected chi connectivity index (χ2v) is 6.48. The third-order valence-electron chi connectivity index (χ3n) is 4.59. The molecule has 0 aromatic carbocycles. The molecule has 0 amide bonds. The quantitative estimate of drug-likeness (QED) is 0.716. The van der Waals surface area contributed by atoms with Crippen molar-refractivity contribution in [1.82, 2.24) is 19.7 Å². The summed E-state index contributed by atoms with van der Waals surface area (Å²) in [5.41, 5.74) is 2.33. The third-order valence-corrected chi connectivity index (χ3v) is 4.59. The number of pyridine rings is 1. The van der Waals surface area contributed by atoms with Crippen molar-refractivity contribution in [3.8, 4) is 0 Å². The van der Waals surface area contributed by atoms with Crippen LogP contribution >= 0.6 is 0 Å². The molecule has 1 aliphatic rings. The van der Waals surface area contributed by atoms with Gasteiger partial charge in [0.1, 0.15) is 11.6 Å². The topological polar surface area (TPSA) is 50.3 Å². The van der Waals surface area contributed by atoms with E-state index < -0.39 is 0 Å². The standard InChI is InChI=1S/C19H23N5O/c1-16-5-6-17-14-22(15-18-4-2-13-25-18)9-10-23(19(17)21-16)11-12-24-8-3-7-20-24/h2-8,13H,9-12,14-15H2,1H3. The highest BCUT2D eigenvalue weighted by molar-refractivity contribution is 5.48. The molecule has 0 aliphatic carbocycles. The first-order valence-corrected chi connectivity index (χ1v) is 8.71. The van der Waals surface area contributed by atoms with Gasteiger partial charge in [0.2, 0.25) is 0 Å². The van der Waals surface area contributed by atoms with Crippen LogP contribution in [0.2, 0.25) is 0 Å². The molecule has 25 heavy (non-hydrogen) atoms. The summed E-state index contributed by atoms with van der Waals surface area (Å²) in [5, 5.41) is 4.31. The maximum absolute atomic E-state index is 5.52. The van der Waals surface area contributed by atoms with Crippen molar-refractivity contribution >= 4 is 5.82 Å². The molecule has 0 fully saturated rings. The number of nitrogens with zero attached hydrogens (tertiary/aromatic N) is 5. The highest BCUT2D eigenvalue weighted by Crippen LogP contribution is 2.24. The molecule has 0 radical (unpaired) electrons. The summed E-state index contributed by atoms with van der Waals surface area (Å²) < 4.78 is 7.50. The van der Waals surface area contributed by atoms with Crippen LogP contribution < -0.4 is 4.90 Å². The molecule has 1 aliphatic heterocycles. The molecule has 6 heteroatoms. The molecule has 4 heterocycles. The first-order chi connectivity index (χ1) is 12.3. The minimum Gasteiger partial charge on any atom is -0.468 e. The van der Waals surface area contributed by atoms with Crippen molar-refractivity contribution < 1.29 is 4.42 Å². The normalized spacial score (nSPS) is 15.2. The number of fused-ring (bicyclic) bond motifs is 1. The first-order valence-electron chi connectivity index (χ1n) is 8.71. The van der Waals surface area contributed by atoms with Gasteiger partial charge in [0.15, 0.2) is 0 Å². The summed E-state index contributed by atoms with van der Waals surface area (Å²) in [5.74, 6) is 2.11. The van der Waals surface area contributed by atoms with Crippen LogP contribution in [-0.4, -0.2) is 39.3 Å². The molecule has 0 saturated heterocycles. The predicted molar refractivity (Wildman–Crippen MR) is 96.2 cm³/mol. The zero-order valence-corrected chi connectivity index (χ0v) is 14.5. The highest BCUT2D eigenvalue weighted by Gasteiger charge is 2.21. The average molecular weight is 337 g/mol. The summed E-state index contributed by atoms with van der Waals surface area (Å²) >= 11 is 0. The Balaban J connectivity index is 1.53. The number of hydrogen-bond donors (Lipinski definition) is 0. The van der Waals surface area contributed by atoms with Gasteiger partial charge >= 0.3 is 0 Å². The fourth-order valence-electron chi connectivity index (χ4n) is 3.29. The fourth-order valence-corrected chi connectivity index (χ4v) is 3.29. The second kappa shape index (κ2) is 7.11. The monoisotopic (exact) mass is 337 g/mol. The Morgan fingerprint density at radius 3 is 2.88 bits per heavy atom. The van der Waals surface area contributed by atoms with Crippen LogP contribution in [0.5, 0.6) is 0 Å². The summed E-state index contributed by atoms with van der Waals surface area (Å²) in [6.07, 6.45) is 5.57. The van der Waals surface area contributed by atoms with Crippen LogP contribution in [0, 0.1) is 6.92 Å². The van der Waals surface area contributed by atoms with E-state index in [2.05, 4.69) is 34.0 Å². The van der Waals surface area contributed by atoms with Crippen molar-refractivity contribution in [3.05, 3.63) is 66.0 Å². The van der Waals surface area contributed by atoms with Crippen LogP contribution in [0.25, 0.3) is 0 Å². The van der Waals surface area contributed by atoms with Crippen LogP contribution in [0.3, 0.4) is 0 Å². The van der Waals surface area contributed by atoms with Gasteiger partial charge in [-0.15, -0.1) is 0 Å². The smallest absolute Gasteiger partial charge is 0.133 e. The lowest BCUT2D eigenvalue weighted by Crippen LogP contribution is -2.33. The average Bonchev–Trinajstić information content (AvgIpc) is 3.27. The highest BCUT2D eigenvalue weighted by atomic mass is 16.3. The molecule has 130 valence electrons. The molecular formula is C19H23N5O. The van der Waals surface area contributed by atoms with E-state index in [-0.39, 0.29) is 0 Å². The minimum atomic E-state index is 0.827. The maximum atomic E-state index is 5.52. The lowest BCUT2D eigenvalue weighted by atomic mass is 10.2. The number of rotatable bonds is 5. The molecule has 4 rings (SSSR count). The second-order valence-electron chi connectivity index (χ2n) is 6.48. The van der Waals surface area contributed by atoms with Crippen LogP contribution in [0.1, 0.15) is 17.0 Å². The maximum Gasteiger partial charge on any atom is 0.133 e. The van der Waals surface area contributed by atoms with E-state index in [1.807, 2.05) is 35.3 Å². The van der Waals surface area contributed by atoms with Gasteiger partial charge in [0.25, 0.3) is 0 Å². The third kappa shape index (κ3) is 3.74. The molecule has 0 N–H and O–H groups in total. The molecule has 3 aromatic rings. The number of furan rings is 1. The van der Waals surface area contributed by atoms with E-state index in [1.165, 1.54) is 5.56 Å². The first kappa shape index (κ1) is 15.9. The molecule has 3 aromatic heterocycles. The number of hydrogen-bond acceptors (Lipinski definition) is 5. The van der Waals surface area contributed by atoms with Gasteiger partial charge in [0, 0.05) is 49.8 Å². The van der Waals surface area contributed by atoms with E-state index >= 15 is 0 Å². The van der Waals surface area contributed by atoms with Gasteiger partial charge in [-0.25, -0.2) is 4.98 Å². The lowest BCUT2D eigenvalue weighted by molar-refractivity contribution is 0.245. The fraction of sp³-hybridized carbons (Fsp3) is 0.368. The SMILES string of the molecule is Cc1ccc2c(n1)N(CCn1cccn1)CCN(Cc1ccco1)C2. The van der Waals surface area contributed by atoms with E-state index in [4.69, 9.17) is 9.40 Å². The summed E-state index contributed by atoms with van der Waals surface area (Å²) in [7, 11) is 0. The molecular weight excluding hydrogens is 314 g/mol. The minimum absolute atomic E-state index is 0.827. The van der Waals surface area contributed by atoms with E-state index in [1.54, 1.807) is 6.26 Å². The van der Waals surface area contributed by atoms with E-state index in [9.17, 15) is 0 Å².